The Labute approximate surface area is 108 Å². The van der Waals surface area contributed by atoms with Crippen LogP contribution in [-0.4, -0.2) is 15.0 Å². The summed E-state index contributed by atoms with van der Waals surface area (Å²) in [7, 11) is -3.32. The summed E-state index contributed by atoms with van der Waals surface area (Å²) in [5.74, 6) is 0.421. The molecule has 0 aliphatic carbocycles. The van der Waals surface area contributed by atoms with Crippen LogP contribution in [0.5, 0.6) is 0 Å². The molecule has 0 atom stereocenters. The molecule has 1 N–H and O–H groups in total. The lowest BCUT2D eigenvalue weighted by molar-refractivity contribution is 0.479. The van der Waals surface area contributed by atoms with Crippen LogP contribution in [0.2, 0.25) is 0 Å². The highest BCUT2D eigenvalue weighted by Gasteiger charge is 2.19. The van der Waals surface area contributed by atoms with Gasteiger partial charge in [-0.15, -0.1) is 11.3 Å². The van der Waals surface area contributed by atoms with Gasteiger partial charge in [-0.05, 0) is 25.8 Å². The van der Waals surface area contributed by atoms with Crippen LogP contribution in [-0.2, 0) is 10.0 Å². The highest BCUT2D eigenvalue weighted by atomic mass is 32.2. The largest absolute Gasteiger partial charge is 0.241 e. The minimum atomic E-state index is -3.32. The average molecular weight is 275 g/mol. The molecule has 3 nitrogen and oxygen atoms in total. The van der Waals surface area contributed by atoms with Crippen molar-refractivity contribution in [2.75, 3.05) is 6.54 Å². The van der Waals surface area contributed by atoms with Gasteiger partial charge in [0, 0.05) is 16.3 Å². The maximum atomic E-state index is 12.1. The summed E-state index contributed by atoms with van der Waals surface area (Å²) in [5.41, 5.74) is 0. The zero-order valence-electron chi connectivity index (χ0n) is 10.9. The van der Waals surface area contributed by atoms with Gasteiger partial charge in [0.25, 0.3) is 0 Å². The van der Waals surface area contributed by atoms with Crippen molar-refractivity contribution < 1.29 is 8.42 Å². The average Bonchev–Trinajstić information content (AvgIpc) is 2.60. The zero-order chi connectivity index (χ0) is 13.1. The molecule has 5 heteroatoms. The standard InChI is InChI=1S/C12H21NO2S2/c1-5-11(6-2)8-13-17(14,15)12-7-9(3)16-10(12)4/h7,11,13H,5-6,8H2,1-4H3. The second-order valence-corrected chi connectivity index (χ2v) is 7.51. The molecule has 0 radical (unpaired) electrons. The summed E-state index contributed by atoms with van der Waals surface area (Å²) < 4.78 is 26.9. The second-order valence-electron chi connectivity index (χ2n) is 4.31. The summed E-state index contributed by atoms with van der Waals surface area (Å²) >= 11 is 1.52. The van der Waals surface area contributed by atoms with Crippen LogP contribution in [0.15, 0.2) is 11.0 Å². The molecule has 0 fully saturated rings. The molecule has 0 aliphatic rings. The van der Waals surface area contributed by atoms with Gasteiger partial charge >= 0.3 is 0 Å². The summed E-state index contributed by atoms with van der Waals surface area (Å²) in [6.45, 7) is 8.48. The number of hydrogen-bond donors (Lipinski definition) is 1. The van der Waals surface area contributed by atoms with Crippen LogP contribution >= 0.6 is 11.3 Å². The molecule has 0 unspecified atom stereocenters. The van der Waals surface area contributed by atoms with Crippen LogP contribution in [0.3, 0.4) is 0 Å². The smallest absolute Gasteiger partial charge is 0.211 e. The van der Waals surface area contributed by atoms with E-state index >= 15 is 0 Å². The third-order valence-corrected chi connectivity index (χ3v) is 5.65. The van der Waals surface area contributed by atoms with E-state index in [1.807, 2.05) is 13.8 Å². The maximum Gasteiger partial charge on any atom is 0.241 e. The molecular formula is C12H21NO2S2. The summed E-state index contributed by atoms with van der Waals surface area (Å²) in [5, 5.41) is 0. The molecule has 1 aromatic rings. The van der Waals surface area contributed by atoms with Gasteiger partial charge in [-0.3, -0.25) is 0 Å². The van der Waals surface area contributed by atoms with Gasteiger partial charge < -0.3 is 0 Å². The van der Waals surface area contributed by atoms with E-state index in [0.29, 0.717) is 17.4 Å². The van der Waals surface area contributed by atoms with Crippen LogP contribution in [0.1, 0.15) is 36.4 Å². The quantitative estimate of drug-likeness (QED) is 0.867. The van der Waals surface area contributed by atoms with Gasteiger partial charge in [0.15, 0.2) is 0 Å². The lowest BCUT2D eigenvalue weighted by Crippen LogP contribution is -2.29. The third kappa shape index (κ3) is 3.79. The Morgan fingerprint density at radius 1 is 1.29 bits per heavy atom. The molecule has 0 bridgehead atoms. The van der Waals surface area contributed by atoms with E-state index in [2.05, 4.69) is 18.6 Å². The lowest BCUT2D eigenvalue weighted by Gasteiger charge is -2.13. The fraction of sp³-hybridized carbons (Fsp3) is 0.667. The van der Waals surface area contributed by atoms with E-state index in [4.69, 9.17) is 0 Å². The Kier molecular flexibility index (Phi) is 5.16. The topological polar surface area (TPSA) is 46.2 Å². The van der Waals surface area contributed by atoms with E-state index < -0.39 is 10.0 Å². The predicted octanol–water partition coefficient (Wildman–Crippen LogP) is 3.08. The third-order valence-electron chi connectivity index (χ3n) is 3.00. The number of sulfonamides is 1. The Morgan fingerprint density at radius 2 is 1.88 bits per heavy atom. The van der Waals surface area contributed by atoms with Crippen molar-refractivity contribution in [3.63, 3.8) is 0 Å². The normalized spacial score (nSPS) is 12.3. The van der Waals surface area contributed by atoms with E-state index in [1.165, 1.54) is 11.3 Å². The monoisotopic (exact) mass is 275 g/mol. The predicted molar refractivity (Wildman–Crippen MR) is 73.1 cm³/mol. The van der Waals surface area contributed by atoms with E-state index in [1.54, 1.807) is 6.07 Å². The van der Waals surface area contributed by atoms with Gasteiger partial charge in [-0.25, -0.2) is 13.1 Å². The van der Waals surface area contributed by atoms with Gasteiger partial charge in [0.1, 0.15) is 0 Å². The maximum absolute atomic E-state index is 12.1. The molecule has 0 saturated carbocycles. The number of rotatable bonds is 6. The Morgan fingerprint density at radius 3 is 2.29 bits per heavy atom. The van der Waals surface area contributed by atoms with Crippen molar-refractivity contribution in [1.29, 1.82) is 0 Å². The highest BCUT2D eigenvalue weighted by molar-refractivity contribution is 7.89. The second kappa shape index (κ2) is 5.98. The van der Waals surface area contributed by atoms with Crippen molar-refractivity contribution >= 4 is 21.4 Å². The van der Waals surface area contributed by atoms with Crippen molar-refractivity contribution in [2.45, 2.75) is 45.4 Å². The number of hydrogen-bond acceptors (Lipinski definition) is 3. The summed E-state index contributed by atoms with van der Waals surface area (Å²) in [6.07, 6.45) is 2.00. The zero-order valence-corrected chi connectivity index (χ0v) is 12.5. The molecule has 0 spiro atoms. The fourth-order valence-electron chi connectivity index (χ4n) is 1.76. The van der Waals surface area contributed by atoms with Crippen molar-refractivity contribution in [3.05, 3.63) is 15.8 Å². The van der Waals surface area contributed by atoms with Crippen LogP contribution in [0.4, 0.5) is 0 Å². The van der Waals surface area contributed by atoms with Crippen molar-refractivity contribution in [1.82, 2.24) is 4.72 Å². The van der Waals surface area contributed by atoms with Gasteiger partial charge in [-0.2, -0.15) is 0 Å². The Balaban J connectivity index is 2.79. The molecule has 1 rings (SSSR count). The highest BCUT2D eigenvalue weighted by Crippen LogP contribution is 2.24. The summed E-state index contributed by atoms with van der Waals surface area (Å²) in [4.78, 5) is 2.33. The first kappa shape index (κ1) is 14.7. The van der Waals surface area contributed by atoms with E-state index in [-0.39, 0.29) is 0 Å². The SMILES string of the molecule is CCC(CC)CNS(=O)(=O)c1cc(C)sc1C. The van der Waals surface area contributed by atoms with Gasteiger partial charge in [0.2, 0.25) is 10.0 Å². The van der Waals surface area contributed by atoms with Crippen molar-refractivity contribution in [3.8, 4) is 0 Å². The molecule has 98 valence electrons. The van der Waals surface area contributed by atoms with Gasteiger partial charge in [-0.1, -0.05) is 26.7 Å². The number of aryl methyl sites for hydroxylation is 2. The van der Waals surface area contributed by atoms with E-state index in [0.717, 1.165) is 22.6 Å². The minimum Gasteiger partial charge on any atom is -0.211 e. The molecule has 0 amide bonds. The molecule has 1 heterocycles. The first-order valence-corrected chi connectivity index (χ1v) is 8.27. The summed E-state index contributed by atoms with van der Waals surface area (Å²) in [6, 6.07) is 1.75. The molecule has 0 aliphatic heterocycles. The van der Waals surface area contributed by atoms with Crippen LogP contribution in [0.25, 0.3) is 0 Å². The molecule has 0 aromatic carbocycles. The first-order valence-electron chi connectivity index (χ1n) is 5.97. The molecule has 0 saturated heterocycles. The van der Waals surface area contributed by atoms with Crippen LogP contribution in [0, 0.1) is 19.8 Å². The van der Waals surface area contributed by atoms with Crippen LogP contribution < -0.4 is 4.72 Å². The fourth-order valence-corrected chi connectivity index (χ4v) is 4.43. The molecular weight excluding hydrogens is 254 g/mol. The van der Waals surface area contributed by atoms with Gasteiger partial charge in [0.05, 0.1) is 4.90 Å². The lowest BCUT2D eigenvalue weighted by atomic mass is 10.0. The first-order chi connectivity index (χ1) is 7.90. The molecule has 17 heavy (non-hydrogen) atoms. The Hall–Kier alpha value is -0.390. The number of nitrogens with one attached hydrogen (secondary N) is 1. The minimum absolute atomic E-state index is 0.421. The van der Waals surface area contributed by atoms with E-state index in [9.17, 15) is 8.42 Å². The Bertz CT molecular complexity index is 459. The molecule has 1 aromatic heterocycles. The van der Waals surface area contributed by atoms with Crippen molar-refractivity contribution in [2.24, 2.45) is 5.92 Å². The number of thiophene rings is 1.